The number of aliphatic hydroxyl groups excluding tert-OH is 1. The van der Waals surface area contributed by atoms with Crippen molar-refractivity contribution >= 4 is 11.7 Å². The molecule has 0 bridgehead atoms. The van der Waals surface area contributed by atoms with Gasteiger partial charge in [-0.1, -0.05) is 6.07 Å². The van der Waals surface area contributed by atoms with E-state index in [4.69, 9.17) is 9.47 Å². The maximum Gasteiger partial charge on any atom is 0.319 e. The van der Waals surface area contributed by atoms with E-state index in [-0.39, 0.29) is 18.5 Å². The van der Waals surface area contributed by atoms with E-state index in [9.17, 15) is 14.3 Å². The second kappa shape index (κ2) is 9.61. The van der Waals surface area contributed by atoms with Gasteiger partial charge in [0.1, 0.15) is 17.3 Å². The van der Waals surface area contributed by atoms with E-state index in [1.165, 1.54) is 12.1 Å². The normalized spacial score (nSPS) is 11.6. The summed E-state index contributed by atoms with van der Waals surface area (Å²) in [6.07, 6.45) is 0.515. The Kier molecular flexibility index (Phi) is 7.18. The number of carbonyl (C=O) groups is 1. The minimum Gasteiger partial charge on any atom is -0.457 e. The smallest absolute Gasteiger partial charge is 0.319 e. The summed E-state index contributed by atoms with van der Waals surface area (Å²) in [4.78, 5) is 11.9. The molecule has 0 radical (unpaired) electrons. The molecule has 0 heterocycles. The number of anilines is 1. The summed E-state index contributed by atoms with van der Waals surface area (Å²) in [6.45, 7) is 0.273. The summed E-state index contributed by atoms with van der Waals surface area (Å²) in [5, 5.41) is 14.5. The molecule has 1 atom stereocenters. The second-order valence-corrected chi connectivity index (χ2v) is 5.34. The van der Waals surface area contributed by atoms with Gasteiger partial charge in [-0.3, -0.25) is 0 Å². The first-order valence-electron chi connectivity index (χ1n) is 7.81. The summed E-state index contributed by atoms with van der Waals surface area (Å²) >= 11 is 0. The van der Waals surface area contributed by atoms with Crippen LogP contribution in [0.3, 0.4) is 0 Å². The van der Waals surface area contributed by atoms with Crippen LogP contribution in [0.5, 0.6) is 11.5 Å². The number of hydrogen-bond acceptors (Lipinski definition) is 4. The van der Waals surface area contributed by atoms with Gasteiger partial charge in [-0.15, -0.1) is 0 Å². The largest absolute Gasteiger partial charge is 0.457 e. The zero-order chi connectivity index (χ0) is 18.1. The van der Waals surface area contributed by atoms with Crippen molar-refractivity contribution in [3.63, 3.8) is 0 Å². The first kappa shape index (κ1) is 18.7. The lowest BCUT2D eigenvalue weighted by molar-refractivity contribution is 0.161. The van der Waals surface area contributed by atoms with Crippen LogP contribution >= 0.6 is 0 Å². The zero-order valence-corrected chi connectivity index (χ0v) is 13.9. The highest BCUT2D eigenvalue weighted by atomic mass is 19.1. The fourth-order valence-electron chi connectivity index (χ4n) is 2.09. The highest BCUT2D eigenvalue weighted by Crippen LogP contribution is 2.23. The van der Waals surface area contributed by atoms with Crippen molar-refractivity contribution in [3.05, 3.63) is 54.3 Å². The Morgan fingerprint density at radius 3 is 2.60 bits per heavy atom. The average molecular weight is 348 g/mol. The first-order valence-corrected chi connectivity index (χ1v) is 7.81. The lowest BCUT2D eigenvalue weighted by Gasteiger charge is -2.16. The van der Waals surface area contributed by atoms with Gasteiger partial charge in [0.15, 0.2) is 0 Å². The third-order valence-corrected chi connectivity index (χ3v) is 3.37. The highest BCUT2D eigenvalue weighted by molar-refractivity contribution is 5.89. The molecule has 0 spiro atoms. The number of aliphatic hydroxyl groups is 1. The molecule has 3 N–H and O–H groups in total. The van der Waals surface area contributed by atoms with Gasteiger partial charge in [-0.2, -0.15) is 0 Å². The van der Waals surface area contributed by atoms with E-state index < -0.39 is 6.03 Å². The van der Waals surface area contributed by atoms with Crippen LogP contribution in [0.25, 0.3) is 0 Å². The molecule has 0 saturated carbocycles. The van der Waals surface area contributed by atoms with Crippen LogP contribution in [0.2, 0.25) is 0 Å². The van der Waals surface area contributed by atoms with Crippen LogP contribution in [0.15, 0.2) is 48.5 Å². The molecule has 0 aromatic heterocycles. The monoisotopic (exact) mass is 348 g/mol. The molecule has 0 fully saturated rings. The van der Waals surface area contributed by atoms with Gasteiger partial charge < -0.3 is 25.2 Å². The molecule has 0 aliphatic rings. The Hall–Kier alpha value is -2.64. The molecule has 0 aliphatic heterocycles. The Balaban J connectivity index is 1.88. The molecule has 0 saturated heterocycles. The highest BCUT2D eigenvalue weighted by Gasteiger charge is 2.11. The van der Waals surface area contributed by atoms with Crippen molar-refractivity contribution in [2.75, 3.05) is 25.6 Å². The van der Waals surface area contributed by atoms with Crippen LogP contribution in [0.4, 0.5) is 14.9 Å². The SMILES string of the molecule is COCC[C@H](CO)NC(=O)Nc1ccc(Oc2cccc(F)c2)cc1. The zero-order valence-electron chi connectivity index (χ0n) is 13.9. The molecule has 6 nitrogen and oxygen atoms in total. The Bertz CT molecular complexity index is 679. The van der Waals surface area contributed by atoms with Gasteiger partial charge in [0.2, 0.25) is 0 Å². The number of halogens is 1. The summed E-state index contributed by atoms with van der Waals surface area (Å²) in [5.74, 6) is 0.534. The molecular weight excluding hydrogens is 327 g/mol. The van der Waals surface area contributed by atoms with Crippen LogP contribution in [-0.4, -0.2) is 37.5 Å². The molecule has 134 valence electrons. The fourth-order valence-corrected chi connectivity index (χ4v) is 2.09. The van der Waals surface area contributed by atoms with E-state index in [1.54, 1.807) is 43.5 Å². The minimum absolute atomic E-state index is 0.169. The third-order valence-electron chi connectivity index (χ3n) is 3.37. The molecule has 0 aliphatic carbocycles. The van der Waals surface area contributed by atoms with Crippen LogP contribution in [0.1, 0.15) is 6.42 Å². The van der Waals surface area contributed by atoms with Crippen molar-refractivity contribution in [1.82, 2.24) is 5.32 Å². The Labute approximate surface area is 145 Å². The number of hydrogen-bond donors (Lipinski definition) is 3. The number of nitrogens with one attached hydrogen (secondary N) is 2. The fraction of sp³-hybridized carbons (Fsp3) is 0.278. The molecule has 2 aromatic rings. The number of carbonyl (C=O) groups excluding carboxylic acids is 1. The van der Waals surface area contributed by atoms with E-state index in [2.05, 4.69) is 10.6 Å². The van der Waals surface area contributed by atoms with Gasteiger partial charge >= 0.3 is 6.03 Å². The molecule has 0 unspecified atom stereocenters. The van der Waals surface area contributed by atoms with Gasteiger partial charge in [-0.25, -0.2) is 9.18 Å². The van der Waals surface area contributed by atoms with Crippen LogP contribution in [0, 0.1) is 5.82 Å². The second-order valence-electron chi connectivity index (χ2n) is 5.34. The predicted octanol–water partition coefficient (Wildman–Crippen LogP) is 3.14. The van der Waals surface area contributed by atoms with E-state index in [1.807, 2.05) is 0 Å². The standard InChI is InChI=1S/C18H21FN2O4/c1-24-10-9-15(12-22)21-18(23)20-14-5-7-16(8-6-14)25-17-4-2-3-13(19)11-17/h2-8,11,15,22H,9-10,12H2,1H3,(H2,20,21,23)/t15-/m1/s1. The minimum atomic E-state index is -0.422. The van der Waals surface area contributed by atoms with Gasteiger partial charge in [0, 0.05) is 25.5 Å². The topological polar surface area (TPSA) is 79.8 Å². The van der Waals surface area contributed by atoms with Crippen LogP contribution < -0.4 is 15.4 Å². The molecule has 2 aromatic carbocycles. The molecule has 2 amide bonds. The molecule has 25 heavy (non-hydrogen) atoms. The summed E-state index contributed by atoms with van der Waals surface area (Å²) in [7, 11) is 1.56. The van der Waals surface area contributed by atoms with Crippen molar-refractivity contribution in [3.8, 4) is 11.5 Å². The van der Waals surface area contributed by atoms with Gasteiger partial charge in [0.05, 0.1) is 12.6 Å². The summed E-state index contributed by atoms with van der Waals surface area (Å²) in [5.41, 5.74) is 0.563. The quantitative estimate of drug-likeness (QED) is 0.685. The lowest BCUT2D eigenvalue weighted by atomic mass is 10.2. The first-order chi connectivity index (χ1) is 12.1. The predicted molar refractivity (Wildman–Crippen MR) is 92.4 cm³/mol. The van der Waals surface area contributed by atoms with Crippen LogP contribution in [-0.2, 0) is 4.74 Å². The Morgan fingerprint density at radius 2 is 1.96 bits per heavy atom. The Morgan fingerprint density at radius 1 is 1.20 bits per heavy atom. The molecule has 7 heteroatoms. The maximum absolute atomic E-state index is 13.1. The third kappa shape index (κ3) is 6.40. The molecule has 2 rings (SSSR count). The maximum atomic E-state index is 13.1. The van der Waals surface area contributed by atoms with Crippen molar-refractivity contribution in [2.24, 2.45) is 0 Å². The number of urea groups is 1. The average Bonchev–Trinajstić information content (AvgIpc) is 2.60. The van der Waals surface area contributed by atoms with Gasteiger partial charge in [-0.05, 0) is 42.8 Å². The van der Waals surface area contributed by atoms with E-state index >= 15 is 0 Å². The molecular formula is C18H21FN2O4. The van der Waals surface area contributed by atoms with E-state index in [0.29, 0.717) is 30.2 Å². The lowest BCUT2D eigenvalue weighted by Crippen LogP contribution is -2.40. The number of ether oxygens (including phenoxy) is 2. The van der Waals surface area contributed by atoms with Crippen molar-refractivity contribution < 1.29 is 23.8 Å². The van der Waals surface area contributed by atoms with Gasteiger partial charge in [0.25, 0.3) is 0 Å². The number of benzene rings is 2. The number of methoxy groups -OCH3 is 1. The summed E-state index contributed by atoms with van der Waals surface area (Å²) in [6, 6.07) is 11.7. The van der Waals surface area contributed by atoms with Crippen molar-refractivity contribution in [2.45, 2.75) is 12.5 Å². The summed E-state index contributed by atoms with van der Waals surface area (Å²) < 4.78 is 23.6. The number of rotatable bonds is 8. The number of amides is 2. The van der Waals surface area contributed by atoms with E-state index in [0.717, 1.165) is 0 Å². The van der Waals surface area contributed by atoms with Crippen molar-refractivity contribution in [1.29, 1.82) is 0 Å².